The van der Waals surface area contributed by atoms with Crippen LogP contribution in [0.3, 0.4) is 0 Å². The van der Waals surface area contributed by atoms with E-state index in [9.17, 15) is 18.0 Å². The normalized spacial score (nSPS) is 27.7. The molecule has 114 valence electrons. The van der Waals surface area contributed by atoms with Gasteiger partial charge in [0.1, 0.15) is 0 Å². The Balaban J connectivity index is 1.77. The van der Waals surface area contributed by atoms with Gasteiger partial charge in [-0.2, -0.15) is 4.39 Å². The highest BCUT2D eigenvalue weighted by atomic mass is 19.2. The van der Waals surface area contributed by atoms with E-state index in [1.807, 2.05) is 0 Å². The lowest BCUT2D eigenvalue weighted by molar-refractivity contribution is 0.0918. The molecule has 1 aromatic rings. The smallest absolute Gasteiger partial charge is 0.254 e. The highest BCUT2D eigenvalue weighted by molar-refractivity contribution is 5.95. The van der Waals surface area contributed by atoms with E-state index in [4.69, 9.17) is 5.11 Å². The number of nitrogens with one attached hydrogen (secondary N) is 2. The number of rotatable bonds is 2. The van der Waals surface area contributed by atoms with Gasteiger partial charge in [0.15, 0.2) is 17.4 Å². The molecule has 2 atom stereocenters. The van der Waals surface area contributed by atoms with Crippen molar-refractivity contribution in [2.45, 2.75) is 43.8 Å². The van der Waals surface area contributed by atoms with Gasteiger partial charge in [0.2, 0.25) is 5.82 Å². The molecule has 2 aliphatic heterocycles. The molecule has 3 rings (SSSR count). The molecule has 21 heavy (non-hydrogen) atoms. The van der Waals surface area contributed by atoms with E-state index in [-0.39, 0.29) is 6.04 Å². The van der Waals surface area contributed by atoms with Crippen LogP contribution >= 0.6 is 0 Å². The Morgan fingerprint density at radius 3 is 2.43 bits per heavy atom. The first-order chi connectivity index (χ1) is 9.95. The van der Waals surface area contributed by atoms with Gasteiger partial charge >= 0.3 is 0 Å². The summed E-state index contributed by atoms with van der Waals surface area (Å²) < 4.78 is 39.9. The number of halogens is 3. The van der Waals surface area contributed by atoms with E-state index in [1.165, 1.54) is 0 Å². The molecule has 2 saturated heterocycles. The van der Waals surface area contributed by atoms with Crippen LogP contribution in [0.25, 0.3) is 0 Å². The molecule has 0 radical (unpaired) electrons. The minimum atomic E-state index is -1.69. The van der Waals surface area contributed by atoms with Crippen LogP contribution in [0.1, 0.15) is 36.0 Å². The van der Waals surface area contributed by atoms with E-state index in [2.05, 4.69) is 10.6 Å². The van der Waals surface area contributed by atoms with Crippen LogP contribution in [0.2, 0.25) is 0 Å². The Morgan fingerprint density at radius 2 is 1.81 bits per heavy atom. The molecule has 0 saturated carbocycles. The number of fused-ring (bicyclic) bond motifs is 2. The maximum absolute atomic E-state index is 13.7. The first-order valence-corrected chi connectivity index (χ1v) is 6.89. The van der Waals surface area contributed by atoms with Crippen molar-refractivity contribution < 1.29 is 23.1 Å². The molecule has 0 aromatic heterocycles. The number of hydrogen-bond donors (Lipinski definition) is 3. The lowest BCUT2D eigenvalue weighted by Gasteiger charge is -2.29. The van der Waals surface area contributed by atoms with Crippen molar-refractivity contribution in [3.05, 3.63) is 29.1 Å². The number of hydrogen-bond acceptors (Lipinski definition) is 3. The number of phenols is 1. The molecule has 3 N–H and O–H groups in total. The number of carbonyl (C=O) groups is 1. The fourth-order valence-electron chi connectivity index (χ4n) is 3.19. The third kappa shape index (κ3) is 2.57. The number of piperidine rings is 1. The summed E-state index contributed by atoms with van der Waals surface area (Å²) >= 11 is 0. The predicted octanol–water partition coefficient (Wildman–Crippen LogP) is 1.82. The summed E-state index contributed by atoms with van der Waals surface area (Å²) in [5, 5.41) is 15.2. The van der Waals surface area contributed by atoms with Gasteiger partial charge in [-0.15, -0.1) is 0 Å². The van der Waals surface area contributed by atoms with Crippen LogP contribution in [0.15, 0.2) is 6.07 Å². The van der Waals surface area contributed by atoms with E-state index >= 15 is 0 Å². The summed E-state index contributed by atoms with van der Waals surface area (Å²) in [5.74, 6) is -6.89. The van der Waals surface area contributed by atoms with Gasteiger partial charge in [0.05, 0.1) is 5.56 Å². The molecule has 1 aromatic carbocycles. The lowest BCUT2D eigenvalue weighted by Crippen LogP contribution is -2.48. The molecule has 0 spiro atoms. The number of carbonyl (C=O) groups excluding carboxylic acids is 1. The SMILES string of the molecule is O=C(NC1CC2CCC(C1)N2)c1cc(F)c(F)c(O)c1F. The molecular weight excluding hydrogens is 285 g/mol. The standard InChI is InChI=1S/C14H15F3N2O2/c15-10-5-9(11(16)13(20)12(10)17)14(21)19-8-3-6-1-2-7(4-8)18-6/h5-8,18,20H,1-4H2,(H,19,21). The average Bonchev–Trinajstić information content (AvgIpc) is 2.79. The lowest BCUT2D eigenvalue weighted by atomic mass is 9.99. The minimum Gasteiger partial charge on any atom is -0.503 e. The van der Waals surface area contributed by atoms with E-state index in [0.717, 1.165) is 25.7 Å². The van der Waals surface area contributed by atoms with Gasteiger partial charge in [0, 0.05) is 18.1 Å². The Kier molecular flexibility index (Phi) is 3.52. The van der Waals surface area contributed by atoms with Crippen LogP contribution < -0.4 is 10.6 Å². The Labute approximate surface area is 119 Å². The Bertz CT molecular complexity index is 582. The highest BCUT2D eigenvalue weighted by Gasteiger charge is 2.34. The maximum atomic E-state index is 13.7. The number of amides is 1. The zero-order chi connectivity index (χ0) is 15.1. The van der Waals surface area contributed by atoms with E-state index < -0.39 is 34.7 Å². The van der Waals surface area contributed by atoms with E-state index in [0.29, 0.717) is 18.2 Å². The first kappa shape index (κ1) is 14.2. The molecular formula is C14H15F3N2O2. The number of benzene rings is 1. The molecule has 2 bridgehead atoms. The van der Waals surface area contributed by atoms with Gasteiger partial charge in [-0.25, -0.2) is 8.78 Å². The van der Waals surface area contributed by atoms with Crippen molar-refractivity contribution in [1.29, 1.82) is 0 Å². The molecule has 0 aliphatic carbocycles. The molecule has 2 aliphatic rings. The highest BCUT2D eigenvalue weighted by Crippen LogP contribution is 2.28. The third-order valence-corrected chi connectivity index (χ3v) is 4.19. The second-order valence-electron chi connectivity index (χ2n) is 5.66. The van der Waals surface area contributed by atoms with Crippen molar-refractivity contribution in [2.75, 3.05) is 0 Å². The summed E-state index contributed by atoms with van der Waals surface area (Å²) in [7, 11) is 0. The van der Waals surface area contributed by atoms with E-state index in [1.54, 1.807) is 0 Å². The predicted molar refractivity (Wildman–Crippen MR) is 68.4 cm³/mol. The van der Waals surface area contributed by atoms with Crippen LogP contribution in [0.5, 0.6) is 5.75 Å². The van der Waals surface area contributed by atoms with Gasteiger partial charge < -0.3 is 15.7 Å². The molecule has 1 amide bonds. The Hall–Kier alpha value is -1.76. The summed E-state index contributed by atoms with van der Waals surface area (Å²) in [4.78, 5) is 12.0. The summed E-state index contributed by atoms with van der Waals surface area (Å²) in [5.41, 5.74) is -0.683. The quantitative estimate of drug-likeness (QED) is 0.730. The maximum Gasteiger partial charge on any atom is 0.254 e. The van der Waals surface area contributed by atoms with Gasteiger partial charge in [0.25, 0.3) is 5.91 Å². The van der Waals surface area contributed by atoms with Crippen LogP contribution in [-0.4, -0.2) is 29.1 Å². The monoisotopic (exact) mass is 300 g/mol. The van der Waals surface area contributed by atoms with Gasteiger partial charge in [-0.1, -0.05) is 0 Å². The van der Waals surface area contributed by atoms with Crippen molar-refractivity contribution in [1.82, 2.24) is 10.6 Å². The van der Waals surface area contributed by atoms with Gasteiger partial charge in [-0.3, -0.25) is 4.79 Å². The number of phenolic OH excluding ortho intramolecular Hbond substituents is 1. The second kappa shape index (κ2) is 5.22. The largest absolute Gasteiger partial charge is 0.503 e. The summed E-state index contributed by atoms with van der Waals surface area (Å²) in [6.45, 7) is 0. The first-order valence-electron chi connectivity index (χ1n) is 6.89. The fraction of sp³-hybridized carbons (Fsp3) is 0.500. The second-order valence-corrected chi connectivity index (χ2v) is 5.66. The molecule has 7 heteroatoms. The molecule has 2 unspecified atom stereocenters. The zero-order valence-corrected chi connectivity index (χ0v) is 11.1. The van der Waals surface area contributed by atoms with Crippen molar-refractivity contribution in [2.24, 2.45) is 0 Å². The van der Waals surface area contributed by atoms with Gasteiger partial charge in [-0.05, 0) is 31.7 Å². The summed E-state index contributed by atoms with van der Waals surface area (Å²) in [6.07, 6.45) is 3.52. The number of aromatic hydroxyl groups is 1. The Morgan fingerprint density at radius 1 is 1.19 bits per heavy atom. The summed E-state index contributed by atoms with van der Waals surface area (Å²) in [6, 6.07) is 0.996. The average molecular weight is 300 g/mol. The van der Waals surface area contributed by atoms with Crippen molar-refractivity contribution >= 4 is 5.91 Å². The molecule has 2 heterocycles. The van der Waals surface area contributed by atoms with Crippen LogP contribution in [-0.2, 0) is 0 Å². The van der Waals surface area contributed by atoms with Crippen LogP contribution in [0.4, 0.5) is 13.2 Å². The topological polar surface area (TPSA) is 61.4 Å². The zero-order valence-electron chi connectivity index (χ0n) is 11.1. The molecule has 4 nitrogen and oxygen atoms in total. The fourth-order valence-corrected chi connectivity index (χ4v) is 3.19. The minimum absolute atomic E-state index is 0.133. The van der Waals surface area contributed by atoms with Crippen LogP contribution in [0, 0.1) is 17.5 Å². The van der Waals surface area contributed by atoms with Crippen molar-refractivity contribution in [3.8, 4) is 5.75 Å². The third-order valence-electron chi connectivity index (χ3n) is 4.19. The molecule has 2 fully saturated rings. The van der Waals surface area contributed by atoms with Crippen molar-refractivity contribution in [3.63, 3.8) is 0 Å².